The van der Waals surface area contributed by atoms with Crippen LogP contribution in [0.2, 0.25) is 0 Å². The number of carbonyl (C=O) groups is 3. The van der Waals surface area contributed by atoms with Crippen LogP contribution < -0.4 is 10.9 Å². The maximum Gasteiger partial charge on any atom is 0.269 e. The Kier molecular flexibility index (Phi) is 7.02. The molecule has 7 nitrogen and oxygen atoms in total. The number of thiocarbonyl (C=S) groups is 1. The minimum atomic E-state index is -0.492. The molecule has 1 aromatic heterocycles. The Morgan fingerprint density at radius 2 is 1.93 bits per heavy atom. The number of phenols is 1. The number of hydrazine groups is 1. The molecule has 0 saturated carbocycles. The Labute approximate surface area is 180 Å². The first-order valence-electron chi connectivity index (χ1n) is 8.61. The number of amides is 3. The Hall–Kier alpha value is -2.69. The second kappa shape index (κ2) is 9.68. The van der Waals surface area contributed by atoms with E-state index >= 15 is 0 Å². The van der Waals surface area contributed by atoms with Crippen molar-refractivity contribution in [3.8, 4) is 5.75 Å². The van der Waals surface area contributed by atoms with Crippen LogP contribution in [-0.4, -0.2) is 38.6 Å². The predicted octanol–water partition coefficient (Wildman–Crippen LogP) is 2.90. The second-order valence-corrected chi connectivity index (χ2v) is 8.66. The fourth-order valence-corrected chi connectivity index (χ4v) is 4.50. The van der Waals surface area contributed by atoms with Crippen LogP contribution in [-0.2, 0) is 9.59 Å². The number of aromatic hydroxyl groups is 1. The molecule has 0 spiro atoms. The lowest BCUT2D eigenvalue weighted by Gasteiger charge is -2.14. The van der Waals surface area contributed by atoms with Crippen LogP contribution in [0.1, 0.15) is 28.1 Å². The molecule has 1 saturated heterocycles. The molecule has 0 atom stereocenters. The van der Waals surface area contributed by atoms with Gasteiger partial charge in [-0.3, -0.25) is 30.1 Å². The first kappa shape index (κ1) is 21.0. The highest BCUT2D eigenvalue weighted by Gasteiger charge is 2.31. The van der Waals surface area contributed by atoms with E-state index in [1.54, 1.807) is 0 Å². The highest BCUT2D eigenvalue weighted by molar-refractivity contribution is 8.26. The summed E-state index contributed by atoms with van der Waals surface area (Å²) in [6, 6.07) is 9.48. The van der Waals surface area contributed by atoms with Crippen molar-refractivity contribution in [3.05, 3.63) is 57.1 Å². The van der Waals surface area contributed by atoms with Gasteiger partial charge >= 0.3 is 0 Å². The first-order valence-corrected chi connectivity index (χ1v) is 10.7. The lowest BCUT2D eigenvalue weighted by molar-refractivity contribution is -0.124. The number of hydrogen-bond acceptors (Lipinski definition) is 7. The maximum absolute atomic E-state index is 12.5. The van der Waals surface area contributed by atoms with Crippen LogP contribution >= 0.6 is 35.3 Å². The quantitative estimate of drug-likeness (QED) is 0.358. The highest BCUT2D eigenvalue weighted by atomic mass is 32.2. The molecule has 3 N–H and O–H groups in total. The van der Waals surface area contributed by atoms with Gasteiger partial charge in [0.1, 0.15) is 10.1 Å². The minimum absolute atomic E-state index is 0.0477. The van der Waals surface area contributed by atoms with Crippen LogP contribution in [0.4, 0.5) is 0 Å². The van der Waals surface area contributed by atoms with E-state index in [1.165, 1.54) is 52.3 Å². The van der Waals surface area contributed by atoms with Gasteiger partial charge in [-0.1, -0.05) is 30.0 Å². The fraction of sp³-hybridized carbons (Fsp3) is 0.158. The van der Waals surface area contributed by atoms with Crippen molar-refractivity contribution >= 4 is 63.4 Å². The number of rotatable bonds is 6. The molecular weight excluding hydrogens is 430 g/mol. The lowest BCUT2D eigenvalue weighted by Crippen LogP contribution is -2.41. The molecule has 0 radical (unpaired) electrons. The van der Waals surface area contributed by atoms with Crippen molar-refractivity contribution in [3.63, 3.8) is 0 Å². The normalized spacial score (nSPS) is 15.0. The third-order valence-corrected chi connectivity index (χ3v) is 6.12. The molecule has 3 amide bonds. The number of benzene rings is 1. The van der Waals surface area contributed by atoms with Crippen molar-refractivity contribution in [2.75, 3.05) is 6.54 Å². The smallest absolute Gasteiger partial charge is 0.269 e. The summed E-state index contributed by atoms with van der Waals surface area (Å²) in [6.45, 7) is 0.325. The molecule has 1 aliphatic heterocycles. The van der Waals surface area contributed by atoms with E-state index in [1.807, 2.05) is 23.6 Å². The summed E-state index contributed by atoms with van der Waals surface area (Å²) in [5.74, 6) is -0.980. The number of phenolic OH excluding ortho intramolecular Hbond substituents is 1. The van der Waals surface area contributed by atoms with Crippen molar-refractivity contribution < 1.29 is 19.5 Å². The zero-order valence-corrected chi connectivity index (χ0v) is 17.5. The largest absolute Gasteiger partial charge is 0.508 e. The standard InChI is InChI=1S/C19H17N3O4S3/c23-13-7-5-12(6-8-13)17(25)21-20-16(24)4-1-9-22-18(26)15(29-19(22)27)11-14-3-2-10-28-14/h2-3,5-8,10-11,23H,1,4,9H2,(H,20,24)(H,21,25)/b15-11+. The Balaban J connectivity index is 1.43. The Bertz CT molecular complexity index is 956. The van der Waals surface area contributed by atoms with Gasteiger partial charge < -0.3 is 5.11 Å². The van der Waals surface area contributed by atoms with Crippen LogP contribution in [0.5, 0.6) is 5.75 Å². The van der Waals surface area contributed by atoms with Crippen molar-refractivity contribution in [2.24, 2.45) is 0 Å². The summed E-state index contributed by atoms with van der Waals surface area (Å²) in [5, 5.41) is 11.2. The van der Waals surface area contributed by atoms with Gasteiger partial charge in [0.25, 0.3) is 11.8 Å². The van der Waals surface area contributed by atoms with E-state index < -0.39 is 5.91 Å². The van der Waals surface area contributed by atoms with E-state index in [9.17, 15) is 19.5 Å². The van der Waals surface area contributed by atoms with Crippen molar-refractivity contribution in [1.29, 1.82) is 0 Å². The molecule has 0 unspecified atom stereocenters. The summed E-state index contributed by atoms with van der Waals surface area (Å²) < 4.78 is 0.471. The van der Waals surface area contributed by atoms with Crippen molar-refractivity contribution in [1.82, 2.24) is 15.8 Å². The molecule has 0 aliphatic carbocycles. The van der Waals surface area contributed by atoms with Gasteiger partial charge in [-0.25, -0.2) is 0 Å². The van der Waals surface area contributed by atoms with Crippen LogP contribution in [0.3, 0.4) is 0 Å². The SMILES string of the molecule is O=C(CCCN1C(=O)/C(=C\c2cccs2)SC1=S)NNC(=O)c1ccc(O)cc1. The maximum atomic E-state index is 12.5. The van der Waals surface area contributed by atoms with Crippen LogP contribution in [0.15, 0.2) is 46.7 Å². The average Bonchev–Trinajstić information content (AvgIpc) is 3.30. The first-order chi connectivity index (χ1) is 13.9. The number of thiophene rings is 1. The zero-order valence-electron chi connectivity index (χ0n) is 15.1. The molecule has 2 heterocycles. The third-order valence-electron chi connectivity index (χ3n) is 3.92. The van der Waals surface area contributed by atoms with Gasteiger partial charge in [-0.15, -0.1) is 11.3 Å². The van der Waals surface area contributed by atoms with Gasteiger partial charge in [-0.2, -0.15) is 0 Å². The van der Waals surface area contributed by atoms with Crippen molar-refractivity contribution in [2.45, 2.75) is 12.8 Å². The molecular formula is C19H17N3O4S3. The van der Waals surface area contributed by atoms with Crippen LogP contribution in [0.25, 0.3) is 6.08 Å². The van der Waals surface area contributed by atoms with E-state index in [-0.39, 0.29) is 24.0 Å². The number of thioether (sulfide) groups is 1. The monoisotopic (exact) mass is 447 g/mol. The average molecular weight is 448 g/mol. The van der Waals surface area contributed by atoms with Gasteiger partial charge in [-0.05, 0) is 48.2 Å². The molecule has 150 valence electrons. The second-order valence-electron chi connectivity index (χ2n) is 6.00. The summed E-state index contributed by atoms with van der Waals surface area (Å²) in [5.41, 5.74) is 4.94. The Morgan fingerprint density at radius 1 is 1.17 bits per heavy atom. The summed E-state index contributed by atoms with van der Waals surface area (Å²) in [6.07, 6.45) is 2.34. The van der Waals surface area contributed by atoms with Gasteiger partial charge in [0.2, 0.25) is 5.91 Å². The summed E-state index contributed by atoms with van der Waals surface area (Å²) >= 11 is 8.06. The Morgan fingerprint density at radius 3 is 2.62 bits per heavy atom. The van der Waals surface area contributed by atoms with Gasteiger partial charge in [0.15, 0.2) is 0 Å². The molecule has 0 bridgehead atoms. The van der Waals surface area contributed by atoms with E-state index in [0.29, 0.717) is 27.8 Å². The lowest BCUT2D eigenvalue weighted by atomic mass is 10.2. The highest BCUT2D eigenvalue weighted by Crippen LogP contribution is 2.33. The predicted molar refractivity (Wildman–Crippen MR) is 117 cm³/mol. The van der Waals surface area contributed by atoms with Gasteiger partial charge in [0, 0.05) is 23.4 Å². The topological polar surface area (TPSA) is 98.7 Å². The van der Waals surface area contributed by atoms with E-state index in [2.05, 4.69) is 10.9 Å². The van der Waals surface area contributed by atoms with Crippen LogP contribution in [0, 0.1) is 0 Å². The molecule has 3 rings (SSSR count). The molecule has 1 aliphatic rings. The summed E-state index contributed by atoms with van der Waals surface area (Å²) in [4.78, 5) is 39.4. The third kappa shape index (κ3) is 5.66. The zero-order chi connectivity index (χ0) is 20.8. The molecule has 10 heteroatoms. The molecule has 2 aromatic rings. The van der Waals surface area contributed by atoms with Gasteiger partial charge in [0.05, 0.1) is 4.91 Å². The fourth-order valence-electron chi connectivity index (χ4n) is 2.47. The van der Waals surface area contributed by atoms with E-state index in [0.717, 1.165) is 4.88 Å². The molecule has 1 aromatic carbocycles. The number of nitrogens with zero attached hydrogens (tertiary/aromatic N) is 1. The number of hydrogen-bond donors (Lipinski definition) is 3. The molecule has 29 heavy (non-hydrogen) atoms. The molecule has 1 fully saturated rings. The van der Waals surface area contributed by atoms with E-state index in [4.69, 9.17) is 12.2 Å². The number of carbonyl (C=O) groups excluding carboxylic acids is 3. The summed E-state index contributed by atoms with van der Waals surface area (Å²) in [7, 11) is 0. The number of nitrogens with one attached hydrogen (secondary N) is 2. The minimum Gasteiger partial charge on any atom is -0.508 e.